The first-order chi connectivity index (χ1) is 11.0. The van der Waals surface area contributed by atoms with Crippen LogP contribution in [-0.4, -0.2) is 23.3 Å². The van der Waals surface area contributed by atoms with Crippen molar-refractivity contribution in [3.63, 3.8) is 0 Å². The summed E-state index contributed by atoms with van der Waals surface area (Å²) in [7, 11) is 1.64. The van der Waals surface area contributed by atoms with E-state index >= 15 is 0 Å². The Labute approximate surface area is 139 Å². The minimum atomic E-state index is 0.0189. The van der Waals surface area contributed by atoms with Crippen LogP contribution in [0, 0.1) is 20.8 Å². The molecule has 120 valence electrons. The van der Waals surface area contributed by atoms with Gasteiger partial charge in [0.1, 0.15) is 10.7 Å². The Morgan fingerprint density at radius 2 is 2.04 bits per heavy atom. The first-order valence-electron chi connectivity index (χ1n) is 7.59. The summed E-state index contributed by atoms with van der Waals surface area (Å²) in [4.78, 5) is 19.8. The fourth-order valence-corrected chi connectivity index (χ4v) is 3.74. The van der Waals surface area contributed by atoms with E-state index in [4.69, 9.17) is 9.72 Å². The van der Waals surface area contributed by atoms with Gasteiger partial charge in [-0.3, -0.25) is 9.36 Å². The van der Waals surface area contributed by atoms with E-state index in [1.807, 2.05) is 39.0 Å². The van der Waals surface area contributed by atoms with Crippen LogP contribution < -0.4 is 5.56 Å². The van der Waals surface area contributed by atoms with E-state index in [2.05, 4.69) is 6.07 Å². The van der Waals surface area contributed by atoms with Crippen molar-refractivity contribution in [1.29, 1.82) is 0 Å². The lowest BCUT2D eigenvalue weighted by atomic mass is 10.1. The normalized spacial score (nSPS) is 11.3. The maximum absolute atomic E-state index is 13.0. The molecule has 4 nitrogen and oxygen atoms in total. The Balaban J connectivity index is 2.33. The van der Waals surface area contributed by atoms with Crippen LogP contribution in [-0.2, 0) is 11.3 Å². The number of rotatable bonds is 4. The van der Waals surface area contributed by atoms with E-state index in [-0.39, 0.29) is 5.56 Å². The Bertz CT molecular complexity index is 925. The van der Waals surface area contributed by atoms with Gasteiger partial charge in [-0.15, -0.1) is 11.3 Å². The summed E-state index contributed by atoms with van der Waals surface area (Å²) in [5, 5.41) is 0.736. The lowest BCUT2D eigenvalue weighted by Gasteiger charge is -2.13. The summed E-state index contributed by atoms with van der Waals surface area (Å²) in [6.07, 6.45) is 0. The average Bonchev–Trinajstić information content (AvgIpc) is 2.81. The SMILES string of the molecule is COCCn1c(-c2cccc(C)c2)nc2sc(C)c(C)c2c1=O. The van der Waals surface area contributed by atoms with Crippen molar-refractivity contribution in [2.24, 2.45) is 0 Å². The third-order valence-corrected chi connectivity index (χ3v) is 5.19. The van der Waals surface area contributed by atoms with Gasteiger partial charge in [0.15, 0.2) is 0 Å². The third-order valence-electron chi connectivity index (χ3n) is 4.08. The van der Waals surface area contributed by atoms with E-state index in [0.717, 1.165) is 31.8 Å². The molecular weight excluding hydrogens is 308 g/mol. The molecule has 0 bridgehead atoms. The predicted octanol–water partition coefficient (Wildman–Crippen LogP) is 3.70. The van der Waals surface area contributed by atoms with Crippen LogP contribution in [0.3, 0.4) is 0 Å². The van der Waals surface area contributed by atoms with E-state index in [1.165, 1.54) is 0 Å². The number of methoxy groups -OCH3 is 1. The minimum absolute atomic E-state index is 0.0189. The number of aryl methyl sites for hydroxylation is 3. The molecule has 3 aromatic rings. The molecule has 2 heterocycles. The van der Waals surface area contributed by atoms with Crippen molar-refractivity contribution < 1.29 is 4.74 Å². The van der Waals surface area contributed by atoms with Crippen molar-refractivity contribution in [2.75, 3.05) is 13.7 Å². The van der Waals surface area contributed by atoms with Gasteiger partial charge in [0, 0.05) is 17.6 Å². The van der Waals surface area contributed by atoms with Crippen molar-refractivity contribution >= 4 is 21.6 Å². The first-order valence-corrected chi connectivity index (χ1v) is 8.41. The number of aromatic nitrogens is 2. The molecule has 0 spiro atoms. The number of ether oxygens (including phenoxy) is 1. The summed E-state index contributed by atoms with van der Waals surface area (Å²) in [6, 6.07) is 8.09. The van der Waals surface area contributed by atoms with Crippen LogP contribution in [0.4, 0.5) is 0 Å². The van der Waals surface area contributed by atoms with Gasteiger partial charge in [-0.25, -0.2) is 4.98 Å². The lowest BCUT2D eigenvalue weighted by molar-refractivity contribution is 0.186. The minimum Gasteiger partial charge on any atom is -0.383 e. The number of fused-ring (bicyclic) bond motifs is 1. The van der Waals surface area contributed by atoms with Gasteiger partial charge in [-0.05, 0) is 32.4 Å². The molecule has 0 saturated heterocycles. The Morgan fingerprint density at radius 3 is 2.74 bits per heavy atom. The fourth-order valence-electron chi connectivity index (χ4n) is 2.72. The zero-order chi connectivity index (χ0) is 16.6. The number of nitrogens with zero attached hydrogens (tertiary/aromatic N) is 2. The molecule has 0 atom stereocenters. The maximum atomic E-state index is 13.0. The van der Waals surface area contributed by atoms with Gasteiger partial charge in [-0.1, -0.05) is 23.8 Å². The molecule has 0 aliphatic rings. The van der Waals surface area contributed by atoms with Crippen LogP contribution in [0.5, 0.6) is 0 Å². The summed E-state index contributed by atoms with van der Waals surface area (Å²) in [6.45, 7) is 7.04. The van der Waals surface area contributed by atoms with Gasteiger partial charge in [0.2, 0.25) is 0 Å². The van der Waals surface area contributed by atoms with Crippen molar-refractivity contribution in [3.05, 3.63) is 50.6 Å². The standard InChI is InChI=1S/C18H20N2O2S/c1-11-6-5-7-14(10-11)16-19-17-15(12(2)13(3)23-17)18(21)20(16)8-9-22-4/h5-7,10H,8-9H2,1-4H3. The van der Waals surface area contributed by atoms with Crippen LogP contribution in [0.1, 0.15) is 16.0 Å². The van der Waals surface area contributed by atoms with Crippen LogP contribution in [0.25, 0.3) is 21.6 Å². The molecule has 1 aromatic carbocycles. The van der Waals surface area contributed by atoms with Crippen LogP contribution in [0.2, 0.25) is 0 Å². The lowest BCUT2D eigenvalue weighted by Crippen LogP contribution is -2.25. The van der Waals surface area contributed by atoms with Gasteiger partial charge >= 0.3 is 0 Å². The molecule has 0 saturated carbocycles. The molecule has 23 heavy (non-hydrogen) atoms. The summed E-state index contributed by atoms with van der Waals surface area (Å²) < 4.78 is 6.91. The topological polar surface area (TPSA) is 44.1 Å². The highest BCUT2D eigenvalue weighted by Gasteiger charge is 2.17. The Hall–Kier alpha value is -1.98. The highest BCUT2D eigenvalue weighted by Crippen LogP contribution is 2.28. The second kappa shape index (κ2) is 6.26. The average molecular weight is 328 g/mol. The van der Waals surface area contributed by atoms with Gasteiger partial charge in [0.05, 0.1) is 18.5 Å². The largest absolute Gasteiger partial charge is 0.383 e. The van der Waals surface area contributed by atoms with Gasteiger partial charge in [-0.2, -0.15) is 0 Å². The maximum Gasteiger partial charge on any atom is 0.262 e. The van der Waals surface area contributed by atoms with Crippen LogP contribution >= 0.6 is 11.3 Å². The molecule has 0 radical (unpaired) electrons. The van der Waals surface area contributed by atoms with E-state index in [9.17, 15) is 4.79 Å². The first kappa shape index (κ1) is 15.9. The number of thiophene rings is 1. The predicted molar refractivity (Wildman–Crippen MR) is 95.4 cm³/mol. The second-order valence-electron chi connectivity index (χ2n) is 5.72. The van der Waals surface area contributed by atoms with E-state index < -0.39 is 0 Å². The second-order valence-corrected chi connectivity index (χ2v) is 6.92. The summed E-state index contributed by atoms with van der Waals surface area (Å²) in [5.41, 5.74) is 3.16. The zero-order valence-electron chi connectivity index (χ0n) is 13.8. The van der Waals surface area contributed by atoms with E-state index in [0.29, 0.717) is 19.0 Å². The Kier molecular flexibility index (Phi) is 4.33. The van der Waals surface area contributed by atoms with E-state index in [1.54, 1.807) is 23.0 Å². The fraction of sp³-hybridized carbons (Fsp3) is 0.333. The highest BCUT2D eigenvalue weighted by atomic mass is 32.1. The third kappa shape index (κ3) is 2.82. The van der Waals surface area contributed by atoms with Crippen LogP contribution in [0.15, 0.2) is 29.1 Å². The molecule has 0 aliphatic heterocycles. The number of benzene rings is 1. The number of hydrogen-bond acceptors (Lipinski definition) is 4. The molecule has 0 aliphatic carbocycles. The molecule has 0 amide bonds. The Morgan fingerprint density at radius 1 is 1.26 bits per heavy atom. The zero-order valence-corrected chi connectivity index (χ0v) is 14.7. The van der Waals surface area contributed by atoms with Crippen molar-refractivity contribution in [1.82, 2.24) is 9.55 Å². The smallest absolute Gasteiger partial charge is 0.262 e. The number of hydrogen-bond donors (Lipinski definition) is 0. The quantitative estimate of drug-likeness (QED) is 0.733. The van der Waals surface area contributed by atoms with Gasteiger partial charge < -0.3 is 4.74 Å². The molecule has 0 unspecified atom stereocenters. The summed E-state index contributed by atoms with van der Waals surface area (Å²) >= 11 is 1.58. The molecule has 0 N–H and O–H groups in total. The van der Waals surface area contributed by atoms with Crippen molar-refractivity contribution in [2.45, 2.75) is 27.3 Å². The molecule has 3 rings (SSSR count). The highest BCUT2D eigenvalue weighted by molar-refractivity contribution is 7.18. The monoisotopic (exact) mass is 328 g/mol. The molecule has 2 aromatic heterocycles. The summed E-state index contributed by atoms with van der Waals surface area (Å²) in [5.74, 6) is 0.713. The molecular formula is C18H20N2O2S. The van der Waals surface area contributed by atoms with Gasteiger partial charge in [0.25, 0.3) is 5.56 Å². The van der Waals surface area contributed by atoms with Crippen molar-refractivity contribution in [3.8, 4) is 11.4 Å². The molecule has 5 heteroatoms. The molecule has 0 fully saturated rings.